The van der Waals surface area contributed by atoms with E-state index in [0.717, 1.165) is 54.5 Å². The van der Waals surface area contributed by atoms with Crippen molar-refractivity contribution in [3.63, 3.8) is 0 Å². The Morgan fingerprint density at radius 3 is 2.18 bits per heavy atom. The maximum Gasteiger partial charge on any atom is 0.148 e. The molecule has 1 aromatic heterocycles. The summed E-state index contributed by atoms with van der Waals surface area (Å²) >= 11 is 0. The molecule has 28 heavy (non-hydrogen) atoms. The molecule has 0 radical (unpaired) electrons. The third-order valence-corrected chi connectivity index (χ3v) is 4.77. The Kier molecular flexibility index (Phi) is 8.61. The van der Waals surface area contributed by atoms with Crippen LogP contribution in [-0.4, -0.2) is 40.7 Å². The fourth-order valence-corrected chi connectivity index (χ4v) is 3.21. The maximum atomic E-state index is 6.00. The molecular weight excluding hydrogens is 374 g/mol. The van der Waals surface area contributed by atoms with Crippen LogP contribution in [0.3, 0.4) is 0 Å². The number of halogens is 1. The monoisotopic (exact) mass is 403 g/mol. The number of rotatable bonds is 10. The first-order chi connectivity index (χ1) is 13.2. The smallest absolute Gasteiger partial charge is 0.148 e. The van der Waals surface area contributed by atoms with Gasteiger partial charge in [-0.25, -0.2) is 4.98 Å². The van der Waals surface area contributed by atoms with E-state index in [0.29, 0.717) is 13.2 Å². The Balaban J connectivity index is 0.00000280. The van der Waals surface area contributed by atoms with Crippen LogP contribution >= 0.6 is 12.4 Å². The second-order valence-corrected chi connectivity index (χ2v) is 6.39. The molecule has 5 nitrogen and oxygen atoms in total. The highest BCUT2D eigenvalue weighted by Gasteiger charge is 2.12. The lowest BCUT2D eigenvalue weighted by Crippen LogP contribution is -2.27. The fourth-order valence-electron chi connectivity index (χ4n) is 3.21. The van der Waals surface area contributed by atoms with Crippen LogP contribution in [0.2, 0.25) is 0 Å². The lowest BCUT2D eigenvalue weighted by Gasteiger charge is -2.19. The van der Waals surface area contributed by atoms with E-state index >= 15 is 0 Å². The van der Waals surface area contributed by atoms with Gasteiger partial charge in [-0.1, -0.05) is 26.0 Å². The van der Waals surface area contributed by atoms with Gasteiger partial charge in [-0.05, 0) is 56.4 Å². The van der Waals surface area contributed by atoms with Gasteiger partial charge in [-0.15, -0.1) is 12.4 Å². The third-order valence-electron chi connectivity index (χ3n) is 4.77. The summed E-state index contributed by atoms with van der Waals surface area (Å²) in [6.45, 7) is 11.5. The first-order valence-electron chi connectivity index (χ1n) is 9.77. The van der Waals surface area contributed by atoms with E-state index in [9.17, 15) is 0 Å². The van der Waals surface area contributed by atoms with Gasteiger partial charge in [0.15, 0.2) is 0 Å². The second kappa shape index (κ2) is 10.9. The van der Waals surface area contributed by atoms with Crippen LogP contribution in [0.5, 0.6) is 11.5 Å². The predicted molar refractivity (Wildman–Crippen MR) is 117 cm³/mol. The van der Waals surface area contributed by atoms with Crippen molar-refractivity contribution < 1.29 is 9.47 Å². The van der Waals surface area contributed by atoms with Crippen molar-refractivity contribution in [1.29, 1.82) is 0 Å². The summed E-state index contributed by atoms with van der Waals surface area (Å²) in [4.78, 5) is 7.22. The van der Waals surface area contributed by atoms with E-state index < -0.39 is 0 Å². The van der Waals surface area contributed by atoms with Crippen molar-refractivity contribution in [3.05, 3.63) is 54.4 Å². The molecule has 0 aliphatic carbocycles. The van der Waals surface area contributed by atoms with Crippen molar-refractivity contribution in [3.8, 4) is 11.5 Å². The number of fused-ring (bicyclic) bond motifs is 1. The molecule has 0 atom stereocenters. The number of imidazole rings is 1. The van der Waals surface area contributed by atoms with Gasteiger partial charge in [0.1, 0.15) is 23.9 Å². The first kappa shape index (κ1) is 22.1. The first-order valence-corrected chi connectivity index (χ1v) is 9.77. The molecule has 3 aromatic rings. The summed E-state index contributed by atoms with van der Waals surface area (Å²) in [6.07, 6.45) is 0. The highest BCUT2D eigenvalue weighted by molar-refractivity contribution is 5.85. The number of benzene rings is 2. The number of hydrogen-bond donors (Lipinski definition) is 0. The van der Waals surface area contributed by atoms with E-state index in [1.807, 2.05) is 37.3 Å². The molecule has 1 heterocycles. The van der Waals surface area contributed by atoms with E-state index in [-0.39, 0.29) is 12.4 Å². The number of para-hydroxylation sites is 2. The lowest BCUT2D eigenvalue weighted by molar-refractivity contribution is 0.271. The molecule has 0 fully saturated rings. The summed E-state index contributed by atoms with van der Waals surface area (Å²) in [6, 6.07) is 16.0. The van der Waals surface area contributed by atoms with Gasteiger partial charge >= 0.3 is 0 Å². The van der Waals surface area contributed by atoms with Crippen molar-refractivity contribution >= 4 is 23.4 Å². The average molecular weight is 404 g/mol. The molecule has 0 bridgehead atoms. The lowest BCUT2D eigenvalue weighted by atomic mass is 10.3. The van der Waals surface area contributed by atoms with Crippen LogP contribution in [0, 0.1) is 0 Å². The number of aromatic nitrogens is 2. The van der Waals surface area contributed by atoms with Gasteiger partial charge in [0.05, 0.1) is 17.6 Å². The molecular formula is C22H30ClN3O2. The normalized spacial score (nSPS) is 10.9. The number of ether oxygens (including phenoxy) is 2. The minimum Gasteiger partial charge on any atom is -0.494 e. The number of hydrogen-bond acceptors (Lipinski definition) is 4. The Bertz CT molecular complexity index is 845. The predicted octanol–water partition coefficient (Wildman–Crippen LogP) is 4.78. The van der Waals surface area contributed by atoms with Crippen LogP contribution < -0.4 is 9.47 Å². The zero-order valence-corrected chi connectivity index (χ0v) is 17.7. The van der Waals surface area contributed by atoms with E-state index in [1.165, 1.54) is 0 Å². The number of likely N-dealkylation sites (N-methyl/N-ethyl adjacent to an activating group) is 1. The molecule has 0 amide bonds. The van der Waals surface area contributed by atoms with Crippen LogP contribution in [0.1, 0.15) is 26.6 Å². The SMILES string of the molecule is CCOc1ccc(OCc2nc3ccccc3n2CCN(CC)CC)cc1.Cl. The van der Waals surface area contributed by atoms with Crippen molar-refractivity contribution in [2.45, 2.75) is 33.9 Å². The van der Waals surface area contributed by atoms with Gasteiger partial charge < -0.3 is 18.9 Å². The molecule has 6 heteroatoms. The van der Waals surface area contributed by atoms with Gasteiger partial charge in [0, 0.05) is 13.1 Å². The standard InChI is InChI=1S/C22H29N3O2.ClH/c1-4-24(5-2)15-16-25-21-10-8-7-9-20(21)23-22(25)17-27-19-13-11-18(12-14-19)26-6-3;/h7-14H,4-6,15-17H2,1-3H3;1H. The summed E-state index contributed by atoms with van der Waals surface area (Å²) in [5, 5.41) is 0. The summed E-state index contributed by atoms with van der Waals surface area (Å²) < 4.78 is 13.8. The molecule has 0 N–H and O–H groups in total. The van der Waals surface area contributed by atoms with E-state index in [1.54, 1.807) is 0 Å². The Labute approximate surface area is 173 Å². The van der Waals surface area contributed by atoms with Gasteiger partial charge in [0.2, 0.25) is 0 Å². The largest absolute Gasteiger partial charge is 0.494 e. The third kappa shape index (κ3) is 5.40. The maximum absolute atomic E-state index is 6.00. The summed E-state index contributed by atoms with van der Waals surface area (Å²) in [5.74, 6) is 2.63. The van der Waals surface area contributed by atoms with Crippen molar-refractivity contribution in [2.24, 2.45) is 0 Å². The topological polar surface area (TPSA) is 39.5 Å². The van der Waals surface area contributed by atoms with Crippen LogP contribution in [-0.2, 0) is 13.2 Å². The van der Waals surface area contributed by atoms with Crippen LogP contribution in [0.4, 0.5) is 0 Å². The zero-order valence-electron chi connectivity index (χ0n) is 16.9. The molecule has 0 saturated heterocycles. The van der Waals surface area contributed by atoms with Crippen molar-refractivity contribution in [2.75, 3.05) is 26.2 Å². The number of nitrogens with zero attached hydrogens (tertiary/aromatic N) is 3. The molecule has 0 aliphatic rings. The van der Waals surface area contributed by atoms with E-state index in [4.69, 9.17) is 14.5 Å². The molecule has 152 valence electrons. The zero-order chi connectivity index (χ0) is 19.1. The van der Waals surface area contributed by atoms with E-state index in [2.05, 4.69) is 41.5 Å². The molecule has 2 aromatic carbocycles. The van der Waals surface area contributed by atoms with Gasteiger partial charge in [-0.3, -0.25) is 0 Å². The fraction of sp³-hybridized carbons (Fsp3) is 0.409. The van der Waals surface area contributed by atoms with Crippen molar-refractivity contribution in [1.82, 2.24) is 14.5 Å². The molecule has 0 saturated carbocycles. The quantitative estimate of drug-likeness (QED) is 0.488. The Morgan fingerprint density at radius 2 is 1.54 bits per heavy atom. The molecule has 0 unspecified atom stereocenters. The highest BCUT2D eigenvalue weighted by Crippen LogP contribution is 2.21. The van der Waals surface area contributed by atoms with Gasteiger partial charge in [-0.2, -0.15) is 0 Å². The Morgan fingerprint density at radius 1 is 0.893 bits per heavy atom. The van der Waals surface area contributed by atoms with Crippen LogP contribution in [0.15, 0.2) is 48.5 Å². The minimum absolute atomic E-state index is 0. The molecule has 0 spiro atoms. The highest BCUT2D eigenvalue weighted by atomic mass is 35.5. The molecule has 3 rings (SSSR count). The summed E-state index contributed by atoms with van der Waals surface area (Å²) in [7, 11) is 0. The average Bonchev–Trinajstić information content (AvgIpc) is 3.06. The molecule has 0 aliphatic heterocycles. The van der Waals surface area contributed by atoms with Gasteiger partial charge in [0.25, 0.3) is 0 Å². The minimum atomic E-state index is 0. The van der Waals surface area contributed by atoms with Crippen LogP contribution in [0.25, 0.3) is 11.0 Å². The summed E-state index contributed by atoms with van der Waals surface area (Å²) in [5.41, 5.74) is 2.18. The Hall–Kier alpha value is -2.24. The second-order valence-electron chi connectivity index (χ2n) is 6.39.